The van der Waals surface area contributed by atoms with Crippen LogP contribution in [0, 0.1) is 0 Å². The molecular weight excluding hydrogens is 258 g/mol. The van der Waals surface area contributed by atoms with Crippen LogP contribution in [0.1, 0.15) is 17.4 Å². The molecule has 0 bridgehead atoms. The van der Waals surface area contributed by atoms with E-state index in [0.29, 0.717) is 6.61 Å². The van der Waals surface area contributed by atoms with Gasteiger partial charge in [-0.1, -0.05) is 12.1 Å². The standard InChI is InChI=1S/C15H19NO2S/c1-3-18-14-7-6-12(9-15(14)17-2)10-16-11-13-5-4-8-19-13/h4-9,16H,3,10-11H2,1-2H3. The molecule has 3 nitrogen and oxygen atoms in total. The molecule has 0 unspecified atom stereocenters. The van der Waals surface area contributed by atoms with Crippen LogP contribution in [0.2, 0.25) is 0 Å². The van der Waals surface area contributed by atoms with Crippen molar-refractivity contribution >= 4 is 11.3 Å². The topological polar surface area (TPSA) is 30.5 Å². The number of hydrogen-bond acceptors (Lipinski definition) is 4. The van der Waals surface area contributed by atoms with E-state index in [-0.39, 0.29) is 0 Å². The van der Waals surface area contributed by atoms with Gasteiger partial charge in [0.25, 0.3) is 0 Å². The van der Waals surface area contributed by atoms with Crippen LogP contribution in [-0.2, 0) is 13.1 Å². The number of rotatable bonds is 7. The molecule has 2 rings (SSSR count). The van der Waals surface area contributed by atoms with E-state index in [1.54, 1.807) is 18.4 Å². The lowest BCUT2D eigenvalue weighted by Crippen LogP contribution is -2.11. The van der Waals surface area contributed by atoms with Gasteiger partial charge in [0, 0.05) is 18.0 Å². The van der Waals surface area contributed by atoms with Crippen molar-refractivity contribution < 1.29 is 9.47 Å². The number of methoxy groups -OCH3 is 1. The minimum absolute atomic E-state index is 0.645. The molecule has 0 aliphatic rings. The number of ether oxygens (including phenoxy) is 2. The largest absolute Gasteiger partial charge is 0.493 e. The number of benzene rings is 1. The lowest BCUT2D eigenvalue weighted by Gasteiger charge is -2.11. The normalized spacial score (nSPS) is 10.4. The molecule has 0 spiro atoms. The Balaban J connectivity index is 1.93. The predicted molar refractivity (Wildman–Crippen MR) is 79.0 cm³/mol. The lowest BCUT2D eigenvalue weighted by atomic mass is 10.2. The molecule has 0 saturated carbocycles. The Morgan fingerprint density at radius 2 is 2.05 bits per heavy atom. The summed E-state index contributed by atoms with van der Waals surface area (Å²) in [7, 11) is 1.67. The molecule has 102 valence electrons. The van der Waals surface area contributed by atoms with Crippen LogP contribution in [0.25, 0.3) is 0 Å². The maximum absolute atomic E-state index is 5.50. The highest BCUT2D eigenvalue weighted by molar-refractivity contribution is 7.09. The van der Waals surface area contributed by atoms with Gasteiger partial charge in [0.2, 0.25) is 0 Å². The van der Waals surface area contributed by atoms with E-state index in [4.69, 9.17) is 9.47 Å². The summed E-state index contributed by atoms with van der Waals surface area (Å²) in [6.07, 6.45) is 0. The smallest absolute Gasteiger partial charge is 0.161 e. The zero-order valence-electron chi connectivity index (χ0n) is 11.3. The molecular formula is C15H19NO2S. The molecule has 4 heteroatoms. The minimum Gasteiger partial charge on any atom is -0.493 e. The van der Waals surface area contributed by atoms with E-state index >= 15 is 0 Å². The van der Waals surface area contributed by atoms with Crippen LogP contribution in [0.15, 0.2) is 35.7 Å². The van der Waals surface area contributed by atoms with Gasteiger partial charge >= 0.3 is 0 Å². The summed E-state index contributed by atoms with van der Waals surface area (Å²) in [5, 5.41) is 5.52. The first-order valence-electron chi connectivity index (χ1n) is 6.36. The zero-order chi connectivity index (χ0) is 13.5. The highest BCUT2D eigenvalue weighted by atomic mass is 32.1. The van der Waals surface area contributed by atoms with Gasteiger partial charge in [-0.15, -0.1) is 11.3 Å². The Hall–Kier alpha value is -1.52. The molecule has 2 aromatic rings. The van der Waals surface area contributed by atoms with Crippen molar-refractivity contribution in [2.24, 2.45) is 0 Å². The summed E-state index contributed by atoms with van der Waals surface area (Å²) < 4.78 is 10.8. The molecule has 0 saturated heterocycles. The van der Waals surface area contributed by atoms with E-state index < -0.39 is 0 Å². The van der Waals surface area contributed by atoms with Crippen LogP contribution in [0.5, 0.6) is 11.5 Å². The quantitative estimate of drug-likeness (QED) is 0.841. The van der Waals surface area contributed by atoms with Gasteiger partial charge in [-0.05, 0) is 36.1 Å². The second kappa shape index (κ2) is 7.16. The third kappa shape index (κ3) is 3.98. The molecule has 0 atom stereocenters. The fourth-order valence-electron chi connectivity index (χ4n) is 1.84. The average molecular weight is 277 g/mol. The van der Waals surface area contributed by atoms with E-state index in [1.165, 1.54) is 10.4 Å². The first-order valence-corrected chi connectivity index (χ1v) is 7.24. The summed E-state index contributed by atoms with van der Waals surface area (Å²) in [4.78, 5) is 1.35. The molecule has 1 aromatic heterocycles. The molecule has 19 heavy (non-hydrogen) atoms. The molecule has 1 heterocycles. The number of thiophene rings is 1. The predicted octanol–water partition coefficient (Wildman–Crippen LogP) is 3.45. The van der Waals surface area contributed by atoms with Crippen LogP contribution >= 0.6 is 11.3 Å². The van der Waals surface area contributed by atoms with Crippen LogP contribution < -0.4 is 14.8 Å². The Morgan fingerprint density at radius 3 is 2.74 bits per heavy atom. The van der Waals surface area contributed by atoms with Crippen molar-refractivity contribution in [2.75, 3.05) is 13.7 Å². The second-order valence-electron chi connectivity index (χ2n) is 4.10. The number of nitrogens with one attached hydrogen (secondary N) is 1. The summed E-state index contributed by atoms with van der Waals surface area (Å²) in [5.74, 6) is 1.59. The fourth-order valence-corrected chi connectivity index (χ4v) is 2.51. The van der Waals surface area contributed by atoms with Crippen molar-refractivity contribution in [3.05, 3.63) is 46.2 Å². The van der Waals surface area contributed by atoms with Gasteiger partial charge in [-0.3, -0.25) is 0 Å². The molecule has 0 aliphatic heterocycles. The van der Waals surface area contributed by atoms with Crippen LogP contribution in [-0.4, -0.2) is 13.7 Å². The van der Waals surface area contributed by atoms with Crippen LogP contribution in [0.3, 0.4) is 0 Å². The molecule has 1 N–H and O–H groups in total. The third-order valence-corrected chi connectivity index (χ3v) is 3.61. The maximum atomic E-state index is 5.50. The fraction of sp³-hybridized carbons (Fsp3) is 0.333. The first-order chi connectivity index (χ1) is 9.33. The van der Waals surface area contributed by atoms with E-state index in [9.17, 15) is 0 Å². The maximum Gasteiger partial charge on any atom is 0.161 e. The lowest BCUT2D eigenvalue weighted by molar-refractivity contribution is 0.310. The van der Waals surface area contributed by atoms with Crippen molar-refractivity contribution in [1.82, 2.24) is 5.32 Å². The SMILES string of the molecule is CCOc1ccc(CNCc2cccs2)cc1OC. The Labute approximate surface area is 118 Å². The van der Waals surface area contributed by atoms with E-state index in [1.807, 2.05) is 19.1 Å². The van der Waals surface area contributed by atoms with Gasteiger partial charge in [0.15, 0.2) is 11.5 Å². The zero-order valence-corrected chi connectivity index (χ0v) is 12.1. The van der Waals surface area contributed by atoms with Gasteiger partial charge in [0.1, 0.15) is 0 Å². The van der Waals surface area contributed by atoms with Gasteiger partial charge in [-0.25, -0.2) is 0 Å². The van der Waals surface area contributed by atoms with E-state index in [2.05, 4.69) is 28.9 Å². The highest BCUT2D eigenvalue weighted by Crippen LogP contribution is 2.27. The summed E-state index contributed by atoms with van der Waals surface area (Å²) in [5.41, 5.74) is 1.19. The van der Waals surface area contributed by atoms with Gasteiger partial charge < -0.3 is 14.8 Å². The monoisotopic (exact) mass is 277 g/mol. The van der Waals surface area contributed by atoms with Crippen molar-refractivity contribution in [2.45, 2.75) is 20.0 Å². The molecule has 1 aromatic carbocycles. The molecule has 0 aliphatic carbocycles. The summed E-state index contributed by atoms with van der Waals surface area (Å²) in [6.45, 7) is 4.33. The highest BCUT2D eigenvalue weighted by Gasteiger charge is 2.05. The van der Waals surface area contributed by atoms with Crippen molar-refractivity contribution in [3.63, 3.8) is 0 Å². The molecule has 0 fully saturated rings. The Bertz CT molecular complexity index is 497. The second-order valence-corrected chi connectivity index (χ2v) is 5.13. The van der Waals surface area contributed by atoms with Gasteiger partial charge in [-0.2, -0.15) is 0 Å². The summed E-state index contributed by atoms with van der Waals surface area (Å²) >= 11 is 1.77. The molecule has 0 amide bonds. The van der Waals surface area contributed by atoms with Gasteiger partial charge in [0.05, 0.1) is 13.7 Å². The minimum atomic E-state index is 0.645. The average Bonchev–Trinajstić information content (AvgIpc) is 2.94. The summed E-state index contributed by atoms with van der Waals surface area (Å²) in [6, 6.07) is 10.3. The van der Waals surface area contributed by atoms with Crippen molar-refractivity contribution in [3.8, 4) is 11.5 Å². The van der Waals surface area contributed by atoms with Crippen LogP contribution in [0.4, 0.5) is 0 Å². The van der Waals surface area contributed by atoms with Crippen molar-refractivity contribution in [1.29, 1.82) is 0 Å². The molecule has 0 radical (unpaired) electrons. The van der Waals surface area contributed by atoms with E-state index in [0.717, 1.165) is 24.6 Å². The Morgan fingerprint density at radius 1 is 1.16 bits per heavy atom. The third-order valence-electron chi connectivity index (χ3n) is 2.74. The number of hydrogen-bond donors (Lipinski definition) is 1. The Kier molecular flexibility index (Phi) is 5.24. The first kappa shape index (κ1) is 13.9.